The van der Waals surface area contributed by atoms with Crippen molar-refractivity contribution in [1.82, 2.24) is 9.78 Å². The molecule has 1 N–H and O–H groups in total. The number of hydrogen-bond donors (Lipinski definition) is 1. The second-order valence-corrected chi connectivity index (χ2v) is 5.34. The molecule has 116 valence electrons. The highest BCUT2D eigenvalue weighted by Gasteiger charge is 2.23. The van der Waals surface area contributed by atoms with E-state index in [2.05, 4.69) is 10.4 Å². The first-order valence-electron chi connectivity index (χ1n) is 6.94. The summed E-state index contributed by atoms with van der Waals surface area (Å²) in [5.74, 6) is -1.30. The number of halogens is 2. The maximum atomic E-state index is 14.6. The van der Waals surface area contributed by atoms with E-state index in [1.165, 1.54) is 0 Å². The minimum Gasteiger partial charge on any atom is -0.320 e. The molecule has 0 aliphatic rings. The summed E-state index contributed by atoms with van der Waals surface area (Å²) in [6.45, 7) is 1.59. The third-order valence-electron chi connectivity index (χ3n) is 3.35. The lowest BCUT2D eigenvalue weighted by molar-refractivity contribution is 0.102. The van der Waals surface area contributed by atoms with Gasteiger partial charge in [-0.25, -0.2) is 4.68 Å². The average molecular weight is 330 g/mol. The Bertz CT molecular complexity index is 862. The maximum absolute atomic E-state index is 14.6. The van der Waals surface area contributed by atoms with Crippen molar-refractivity contribution in [3.8, 4) is 5.69 Å². The molecule has 0 radical (unpaired) electrons. The van der Waals surface area contributed by atoms with Gasteiger partial charge in [-0.3, -0.25) is 4.79 Å². The Morgan fingerprint density at radius 2 is 1.78 bits per heavy atom. The molecule has 0 saturated heterocycles. The third-order valence-corrected chi connectivity index (χ3v) is 3.68. The Balaban J connectivity index is 1.96. The topological polar surface area (TPSA) is 46.9 Å². The van der Waals surface area contributed by atoms with Crippen molar-refractivity contribution in [3.05, 3.63) is 76.8 Å². The molecule has 0 aliphatic heterocycles. The van der Waals surface area contributed by atoms with Crippen molar-refractivity contribution in [2.45, 2.75) is 6.92 Å². The molecule has 6 heteroatoms. The summed E-state index contributed by atoms with van der Waals surface area (Å²) in [4.78, 5) is 12.4. The van der Waals surface area contributed by atoms with E-state index in [1.807, 2.05) is 6.07 Å². The smallest absolute Gasteiger partial charge is 0.262 e. The van der Waals surface area contributed by atoms with Gasteiger partial charge in [0.2, 0.25) is 5.95 Å². The van der Waals surface area contributed by atoms with E-state index in [-0.39, 0.29) is 5.56 Å². The van der Waals surface area contributed by atoms with Crippen LogP contribution in [0.25, 0.3) is 5.69 Å². The number of anilines is 1. The fraction of sp³-hybridized carbons (Fsp3) is 0.0588. The van der Waals surface area contributed by atoms with Crippen LogP contribution in [-0.2, 0) is 0 Å². The first-order chi connectivity index (χ1) is 11.1. The van der Waals surface area contributed by atoms with E-state index >= 15 is 0 Å². The number of hydrogen-bond acceptors (Lipinski definition) is 2. The molecule has 23 heavy (non-hydrogen) atoms. The van der Waals surface area contributed by atoms with Crippen LogP contribution in [0.2, 0.25) is 5.02 Å². The summed E-state index contributed by atoms with van der Waals surface area (Å²) in [5.41, 5.74) is 1.17. The van der Waals surface area contributed by atoms with Crippen LogP contribution in [0, 0.1) is 12.9 Å². The van der Waals surface area contributed by atoms with Crippen molar-refractivity contribution in [2.24, 2.45) is 0 Å². The number of nitrogens with zero attached hydrogens (tertiary/aromatic N) is 2. The van der Waals surface area contributed by atoms with Gasteiger partial charge in [0.15, 0.2) is 0 Å². The number of nitrogens with one attached hydrogen (secondary N) is 1. The number of para-hydroxylation sites is 2. The van der Waals surface area contributed by atoms with Crippen LogP contribution in [0.3, 0.4) is 0 Å². The SMILES string of the molecule is Cc1nn(-c2ccccc2)c(F)c1C(=O)Nc1ccccc1Cl. The third kappa shape index (κ3) is 2.96. The molecule has 0 atom stereocenters. The monoisotopic (exact) mass is 329 g/mol. The lowest BCUT2D eigenvalue weighted by atomic mass is 10.2. The number of rotatable bonds is 3. The van der Waals surface area contributed by atoms with Crippen molar-refractivity contribution < 1.29 is 9.18 Å². The van der Waals surface area contributed by atoms with Gasteiger partial charge in [-0.15, -0.1) is 0 Å². The summed E-state index contributed by atoms with van der Waals surface area (Å²) in [6.07, 6.45) is 0. The lowest BCUT2D eigenvalue weighted by Crippen LogP contribution is -2.15. The van der Waals surface area contributed by atoms with Gasteiger partial charge < -0.3 is 5.32 Å². The summed E-state index contributed by atoms with van der Waals surface area (Å²) < 4.78 is 15.7. The van der Waals surface area contributed by atoms with Gasteiger partial charge in [0.1, 0.15) is 5.56 Å². The molecule has 3 rings (SSSR count). The quantitative estimate of drug-likeness (QED) is 0.781. The first kappa shape index (κ1) is 15.2. The number of aromatic nitrogens is 2. The molecule has 0 aliphatic carbocycles. The van der Waals surface area contributed by atoms with Gasteiger partial charge in [0.05, 0.1) is 22.1 Å². The van der Waals surface area contributed by atoms with Gasteiger partial charge in [-0.1, -0.05) is 41.9 Å². The minimum atomic E-state index is -0.710. The van der Waals surface area contributed by atoms with Gasteiger partial charge in [-0.2, -0.15) is 9.49 Å². The highest BCUT2D eigenvalue weighted by Crippen LogP contribution is 2.23. The molecule has 4 nitrogen and oxygen atoms in total. The summed E-state index contributed by atoms with van der Waals surface area (Å²) in [5, 5.41) is 7.11. The van der Waals surface area contributed by atoms with Crippen LogP contribution >= 0.6 is 11.6 Å². The minimum absolute atomic E-state index is 0.103. The summed E-state index contributed by atoms with van der Waals surface area (Å²) >= 11 is 6.01. The van der Waals surface area contributed by atoms with Crippen LogP contribution in [0.15, 0.2) is 54.6 Å². The van der Waals surface area contributed by atoms with Crippen molar-refractivity contribution in [2.75, 3.05) is 5.32 Å². The van der Waals surface area contributed by atoms with Crippen molar-refractivity contribution >= 4 is 23.2 Å². The number of aryl methyl sites for hydroxylation is 1. The van der Waals surface area contributed by atoms with Crippen LogP contribution in [0.5, 0.6) is 0 Å². The molecule has 0 bridgehead atoms. The van der Waals surface area contributed by atoms with Gasteiger partial charge >= 0.3 is 0 Å². The molecule has 1 heterocycles. The maximum Gasteiger partial charge on any atom is 0.262 e. The highest BCUT2D eigenvalue weighted by molar-refractivity contribution is 6.33. The molecule has 1 aromatic heterocycles. The van der Waals surface area contributed by atoms with Crippen molar-refractivity contribution in [3.63, 3.8) is 0 Å². The fourth-order valence-electron chi connectivity index (χ4n) is 2.24. The molecule has 0 spiro atoms. The normalized spacial score (nSPS) is 10.6. The molecule has 1 amide bonds. The molecular formula is C17H13ClFN3O. The predicted molar refractivity (Wildman–Crippen MR) is 87.7 cm³/mol. The Hall–Kier alpha value is -2.66. The second-order valence-electron chi connectivity index (χ2n) is 4.93. The average Bonchev–Trinajstić information content (AvgIpc) is 2.85. The zero-order valence-corrected chi connectivity index (χ0v) is 13.0. The van der Waals surface area contributed by atoms with Gasteiger partial charge in [-0.05, 0) is 31.2 Å². The summed E-state index contributed by atoms with van der Waals surface area (Å²) in [6, 6.07) is 15.6. The van der Waals surface area contributed by atoms with Crippen LogP contribution in [0.1, 0.15) is 16.1 Å². The van der Waals surface area contributed by atoms with Crippen LogP contribution < -0.4 is 5.32 Å². The van der Waals surface area contributed by atoms with E-state index in [9.17, 15) is 9.18 Å². The Morgan fingerprint density at radius 1 is 1.13 bits per heavy atom. The van der Waals surface area contributed by atoms with E-state index in [1.54, 1.807) is 55.5 Å². The molecular weight excluding hydrogens is 317 g/mol. The summed E-state index contributed by atoms with van der Waals surface area (Å²) in [7, 11) is 0. The van der Waals surface area contributed by atoms with E-state index in [0.29, 0.717) is 22.1 Å². The van der Waals surface area contributed by atoms with E-state index < -0.39 is 11.9 Å². The van der Waals surface area contributed by atoms with Crippen LogP contribution in [-0.4, -0.2) is 15.7 Å². The molecule has 0 saturated carbocycles. The Labute approximate surface area is 137 Å². The number of benzene rings is 2. The highest BCUT2D eigenvalue weighted by atomic mass is 35.5. The predicted octanol–water partition coefficient (Wildman–Crippen LogP) is 4.23. The Morgan fingerprint density at radius 3 is 2.48 bits per heavy atom. The second kappa shape index (κ2) is 6.22. The number of carbonyl (C=O) groups excluding carboxylic acids is 1. The standard InChI is InChI=1S/C17H13ClFN3O/c1-11-15(17(23)20-14-10-6-5-9-13(14)18)16(19)22(21-11)12-7-3-2-4-8-12/h2-10H,1H3,(H,20,23). The number of carbonyl (C=O) groups is 1. The van der Waals surface area contributed by atoms with Crippen molar-refractivity contribution in [1.29, 1.82) is 0 Å². The fourth-order valence-corrected chi connectivity index (χ4v) is 2.43. The molecule has 0 unspecified atom stereocenters. The first-order valence-corrected chi connectivity index (χ1v) is 7.32. The van der Waals surface area contributed by atoms with E-state index in [0.717, 1.165) is 4.68 Å². The number of amides is 1. The Kier molecular flexibility index (Phi) is 4.12. The zero-order chi connectivity index (χ0) is 16.4. The van der Waals surface area contributed by atoms with E-state index in [4.69, 9.17) is 11.6 Å². The lowest BCUT2D eigenvalue weighted by Gasteiger charge is -2.06. The molecule has 2 aromatic carbocycles. The zero-order valence-electron chi connectivity index (χ0n) is 12.3. The van der Waals surface area contributed by atoms with Crippen LogP contribution in [0.4, 0.5) is 10.1 Å². The van der Waals surface area contributed by atoms with Gasteiger partial charge in [0.25, 0.3) is 5.91 Å². The van der Waals surface area contributed by atoms with Gasteiger partial charge in [0, 0.05) is 0 Å². The molecule has 0 fully saturated rings. The largest absolute Gasteiger partial charge is 0.320 e. The molecule has 3 aromatic rings.